The molecule has 0 saturated carbocycles. The Balaban J connectivity index is 2.26. The number of hydrogen-bond acceptors (Lipinski definition) is 7. The molecule has 1 unspecified atom stereocenters. The number of ether oxygens (including phenoxy) is 1. The number of para-hydroxylation sites is 1. The second-order valence-corrected chi connectivity index (χ2v) is 8.43. The molecule has 8 nitrogen and oxygen atoms in total. The lowest BCUT2D eigenvalue weighted by molar-refractivity contribution is -0.138. The van der Waals surface area contributed by atoms with Crippen molar-refractivity contribution >= 4 is 22.8 Å². The first-order valence-corrected chi connectivity index (χ1v) is 11.8. The number of allylic oxidation sites excluding steroid dienone is 3. The van der Waals surface area contributed by atoms with E-state index in [1.807, 2.05) is 55.6 Å². The number of aliphatic hydroxyl groups excluding tert-OH is 1. The number of benzene rings is 2. The van der Waals surface area contributed by atoms with Crippen LogP contribution >= 0.6 is 0 Å². The second-order valence-electron chi connectivity index (χ2n) is 8.43. The van der Waals surface area contributed by atoms with Crippen LogP contribution in [0.1, 0.15) is 36.1 Å². The van der Waals surface area contributed by atoms with Crippen molar-refractivity contribution in [1.29, 1.82) is 0 Å². The number of rotatable bonds is 12. The second kappa shape index (κ2) is 14.3. The summed E-state index contributed by atoms with van der Waals surface area (Å²) in [7, 11) is 4.87. The van der Waals surface area contributed by atoms with Gasteiger partial charge in [-0.25, -0.2) is 0 Å². The van der Waals surface area contributed by atoms with Crippen LogP contribution in [0.4, 0.5) is 0 Å². The number of nitrogens with two attached hydrogens (primary N) is 2. The van der Waals surface area contributed by atoms with Gasteiger partial charge in [-0.2, -0.15) is 0 Å². The molecule has 196 valence electrons. The number of aliphatic imine (C=N–C) groups is 1. The SMILES string of the molecule is C=C(N)N/C=C(\C/C=C(\C)c1cccc(C(O)C(=O)N(C)CC(/C=C\N)=NC)c1)c1ccccc1OC. The minimum absolute atomic E-state index is 0.236. The zero-order valence-electron chi connectivity index (χ0n) is 21.9. The maximum absolute atomic E-state index is 12.8. The van der Waals surface area contributed by atoms with E-state index in [-0.39, 0.29) is 6.54 Å². The van der Waals surface area contributed by atoms with Crippen molar-refractivity contribution in [2.75, 3.05) is 27.7 Å². The molecule has 1 amide bonds. The third-order valence-electron chi connectivity index (χ3n) is 5.76. The van der Waals surface area contributed by atoms with E-state index in [0.29, 0.717) is 23.5 Å². The molecule has 0 heterocycles. The molecule has 6 N–H and O–H groups in total. The minimum Gasteiger partial charge on any atom is -0.496 e. The van der Waals surface area contributed by atoms with E-state index in [2.05, 4.69) is 23.0 Å². The van der Waals surface area contributed by atoms with Crippen LogP contribution in [0.3, 0.4) is 0 Å². The fraction of sp³-hybridized carbons (Fsp3) is 0.241. The van der Waals surface area contributed by atoms with Gasteiger partial charge in [-0.1, -0.05) is 49.1 Å². The summed E-state index contributed by atoms with van der Waals surface area (Å²) in [5.41, 5.74) is 16.0. The maximum atomic E-state index is 12.8. The van der Waals surface area contributed by atoms with Crippen LogP contribution in [0.15, 0.2) is 90.5 Å². The monoisotopic (exact) mass is 503 g/mol. The number of likely N-dealkylation sites (N-methyl/N-ethyl adjacent to an activating group) is 1. The van der Waals surface area contributed by atoms with E-state index in [4.69, 9.17) is 16.2 Å². The minimum atomic E-state index is -1.30. The van der Waals surface area contributed by atoms with E-state index >= 15 is 0 Å². The normalized spacial score (nSPS) is 13.4. The first kappa shape index (κ1) is 28.9. The number of amides is 1. The Morgan fingerprint density at radius 2 is 2.00 bits per heavy atom. The highest BCUT2D eigenvalue weighted by Gasteiger charge is 2.22. The van der Waals surface area contributed by atoms with Crippen LogP contribution in [0, 0.1) is 0 Å². The largest absolute Gasteiger partial charge is 0.496 e. The Morgan fingerprint density at radius 1 is 1.27 bits per heavy atom. The van der Waals surface area contributed by atoms with Crippen molar-refractivity contribution in [2.24, 2.45) is 16.5 Å². The van der Waals surface area contributed by atoms with Gasteiger partial charge in [0.1, 0.15) is 5.75 Å². The summed E-state index contributed by atoms with van der Waals surface area (Å²) in [5, 5.41) is 13.8. The number of carbonyl (C=O) groups excluding carboxylic acids is 1. The van der Waals surface area contributed by atoms with Crippen LogP contribution in [-0.2, 0) is 4.79 Å². The van der Waals surface area contributed by atoms with E-state index in [1.54, 1.807) is 33.3 Å². The molecule has 0 aromatic heterocycles. The van der Waals surface area contributed by atoms with Crippen LogP contribution in [0.5, 0.6) is 5.75 Å². The summed E-state index contributed by atoms with van der Waals surface area (Å²) in [5.74, 6) is 0.649. The summed E-state index contributed by atoms with van der Waals surface area (Å²) in [6, 6.07) is 15.1. The number of aliphatic hydroxyl groups is 1. The quantitative estimate of drug-likeness (QED) is 0.328. The molecule has 0 fully saturated rings. The number of carbonyl (C=O) groups is 1. The number of nitrogens with one attached hydrogen (secondary N) is 1. The molecule has 0 aliphatic heterocycles. The fourth-order valence-electron chi connectivity index (χ4n) is 3.65. The molecular formula is C29H37N5O3. The summed E-state index contributed by atoms with van der Waals surface area (Å²) in [6.45, 7) is 5.91. The first-order valence-electron chi connectivity index (χ1n) is 11.8. The van der Waals surface area contributed by atoms with Crippen LogP contribution in [0.25, 0.3) is 11.1 Å². The lowest BCUT2D eigenvalue weighted by Crippen LogP contribution is -2.35. The van der Waals surface area contributed by atoms with Crippen molar-refractivity contribution < 1.29 is 14.6 Å². The van der Waals surface area contributed by atoms with Crippen molar-refractivity contribution in [3.8, 4) is 5.75 Å². The molecule has 2 rings (SSSR count). The third kappa shape index (κ3) is 8.40. The van der Waals surface area contributed by atoms with Crippen LogP contribution < -0.4 is 21.5 Å². The zero-order chi connectivity index (χ0) is 27.4. The summed E-state index contributed by atoms with van der Waals surface area (Å²) in [4.78, 5) is 18.4. The molecule has 8 heteroatoms. The van der Waals surface area contributed by atoms with Gasteiger partial charge in [-0.15, -0.1) is 0 Å². The molecular weight excluding hydrogens is 466 g/mol. The molecule has 0 bridgehead atoms. The van der Waals surface area contributed by atoms with Gasteiger partial charge in [-0.3, -0.25) is 9.79 Å². The van der Waals surface area contributed by atoms with Crippen molar-refractivity contribution in [3.63, 3.8) is 0 Å². The van der Waals surface area contributed by atoms with Crippen molar-refractivity contribution in [2.45, 2.75) is 19.4 Å². The predicted molar refractivity (Wildman–Crippen MR) is 151 cm³/mol. The van der Waals surface area contributed by atoms with E-state index < -0.39 is 12.0 Å². The average molecular weight is 504 g/mol. The molecule has 37 heavy (non-hydrogen) atoms. The lowest BCUT2D eigenvalue weighted by atomic mass is 9.97. The maximum Gasteiger partial charge on any atom is 0.256 e. The molecule has 0 spiro atoms. The Labute approximate surface area is 219 Å². The highest BCUT2D eigenvalue weighted by atomic mass is 16.5. The molecule has 0 radical (unpaired) electrons. The van der Waals surface area contributed by atoms with Crippen molar-refractivity contribution in [1.82, 2.24) is 10.2 Å². The van der Waals surface area contributed by atoms with Gasteiger partial charge in [0.05, 0.1) is 25.2 Å². The van der Waals surface area contributed by atoms with Crippen molar-refractivity contribution in [3.05, 3.63) is 102 Å². The summed E-state index contributed by atoms with van der Waals surface area (Å²) in [6.07, 6.45) is 6.15. The highest BCUT2D eigenvalue weighted by Crippen LogP contribution is 2.29. The molecule has 0 aliphatic carbocycles. The molecule has 0 saturated heterocycles. The number of hydrogen-bond donors (Lipinski definition) is 4. The lowest BCUT2D eigenvalue weighted by Gasteiger charge is -2.21. The van der Waals surface area contributed by atoms with Gasteiger partial charge in [0.15, 0.2) is 6.10 Å². The van der Waals surface area contributed by atoms with Gasteiger partial charge in [0.25, 0.3) is 5.91 Å². The van der Waals surface area contributed by atoms with Crippen LogP contribution in [-0.4, -0.2) is 49.4 Å². The Morgan fingerprint density at radius 3 is 2.65 bits per heavy atom. The summed E-state index contributed by atoms with van der Waals surface area (Å²) >= 11 is 0. The van der Waals surface area contributed by atoms with E-state index in [0.717, 1.165) is 28.0 Å². The standard InChI is InChI=1S/C29H37N5O3/c1-20(13-14-24(18-33-21(2)31)26-11-6-7-12-27(26)37-5)22-9-8-10-23(17-22)28(35)29(36)34(4)19-25(32-3)15-16-30/h6-13,15-18,28,33,35H,2,14,19,30-31H2,1,3-5H3/b16-15-,20-13+,24-18+,32-25?. The smallest absolute Gasteiger partial charge is 0.256 e. The molecule has 2 aromatic rings. The number of methoxy groups -OCH3 is 1. The van der Waals surface area contributed by atoms with Gasteiger partial charge >= 0.3 is 0 Å². The van der Waals surface area contributed by atoms with E-state index in [1.165, 1.54) is 11.1 Å². The first-order chi connectivity index (χ1) is 17.7. The Kier molecular flexibility index (Phi) is 11.2. The zero-order valence-corrected chi connectivity index (χ0v) is 21.9. The van der Waals surface area contributed by atoms with Gasteiger partial charge in [-0.05, 0) is 60.0 Å². The fourth-order valence-corrected chi connectivity index (χ4v) is 3.65. The topological polar surface area (TPSA) is 126 Å². The Hall–Kier alpha value is -4.30. The molecule has 2 aromatic carbocycles. The van der Waals surface area contributed by atoms with Gasteiger partial charge in [0.2, 0.25) is 0 Å². The third-order valence-corrected chi connectivity index (χ3v) is 5.76. The van der Waals surface area contributed by atoms with Gasteiger partial charge in [0, 0.05) is 25.9 Å². The number of nitrogens with zero attached hydrogens (tertiary/aromatic N) is 2. The Bertz CT molecular complexity index is 1210. The van der Waals surface area contributed by atoms with Crippen LogP contribution in [0.2, 0.25) is 0 Å². The molecule has 1 atom stereocenters. The predicted octanol–water partition coefficient (Wildman–Crippen LogP) is 3.58. The highest BCUT2D eigenvalue weighted by molar-refractivity contribution is 5.98. The summed E-state index contributed by atoms with van der Waals surface area (Å²) < 4.78 is 5.53. The van der Waals surface area contributed by atoms with Gasteiger partial charge < -0.3 is 31.5 Å². The average Bonchev–Trinajstić information content (AvgIpc) is 2.91. The molecule has 0 aliphatic rings. The van der Waals surface area contributed by atoms with E-state index in [9.17, 15) is 9.90 Å².